The number of fused-ring (bicyclic) bond motifs is 1. The Labute approximate surface area is 148 Å². The van der Waals surface area contributed by atoms with E-state index in [1.54, 1.807) is 12.1 Å². The van der Waals surface area contributed by atoms with Gasteiger partial charge in [-0.05, 0) is 43.0 Å². The number of benzene rings is 2. The topological polar surface area (TPSA) is 89.3 Å². The normalized spacial score (nSPS) is 19.2. The number of hydrogen-bond acceptors (Lipinski definition) is 4. The Morgan fingerprint density at radius 3 is 2.56 bits per heavy atom. The largest absolute Gasteiger partial charge is 0.351 e. The molecule has 1 amide bonds. The highest BCUT2D eigenvalue weighted by Gasteiger charge is 2.41. The molecule has 2 unspecified atom stereocenters. The molecule has 1 heterocycles. The Kier molecular flexibility index (Phi) is 4.67. The molecule has 0 spiro atoms. The molecule has 5 nitrogen and oxygen atoms in total. The predicted octanol–water partition coefficient (Wildman–Crippen LogP) is 2.03. The first kappa shape index (κ1) is 17.6. The minimum Gasteiger partial charge on any atom is -0.351 e. The van der Waals surface area contributed by atoms with E-state index >= 15 is 0 Å². The van der Waals surface area contributed by atoms with Gasteiger partial charge in [0.05, 0.1) is 4.90 Å². The van der Waals surface area contributed by atoms with Crippen LogP contribution in [0.3, 0.4) is 0 Å². The first-order chi connectivity index (χ1) is 11.8. The Bertz CT molecular complexity index is 903. The standard InChI is InChI=1S/C19H22N2O3S/c1-12-3-8-17-16(9-12)10-18(25(17,23)24)19(22)21-11-14-4-6-15(7-5-14)13(2)20/h3-9,13,18H,10-11,20H2,1-2H3,(H,21,22). The molecule has 2 aromatic carbocycles. The smallest absolute Gasteiger partial charge is 0.239 e. The van der Waals surface area contributed by atoms with Crippen molar-refractivity contribution in [2.24, 2.45) is 5.73 Å². The highest BCUT2D eigenvalue weighted by atomic mass is 32.2. The average Bonchev–Trinajstić information content (AvgIpc) is 2.83. The number of hydrogen-bond donors (Lipinski definition) is 2. The Balaban J connectivity index is 1.70. The van der Waals surface area contributed by atoms with E-state index in [0.29, 0.717) is 6.54 Å². The fourth-order valence-corrected chi connectivity index (χ4v) is 4.92. The van der Waals surface area contributed by atoms with E-state index in [4.69, 9.17) is 5.73 Å². The molecule has 2 atom stereocenters. The number of amides is 1. The SMILES string of the molecule is Cc1ccc2c(c1)CC(C(=O)NCc1ccc(C(C)N)cc1)S2(=O)=O. The van der Waals surface area contributed by atoms with E-state index in [-0.39, 0.29) is 17.4 Å². The maximum atomic E-state index is 12.6. The van der Waals surface area contributed by atoms with Crippen molar-refractivity contribution in [2.75, 3.05) is 0 Å². The fourth-order valence-electron chi connectivity index (χ4n) is 3.08. The third kappa shape index (κ3) is 3.45. The van der Waals surface area contributed by atoms with Crippen molar-refractivity contribution in [2.45, 2.75) is 43.0 Å². The minimum absolute atomic E-state index is 0.0470. The average molecular weight is 358 g/mol. The van der Waals surface area contributed by atoms with Gasteiger partial charge in [0.2, 0.25) is 5.91 Å². The molecule has 6 heteroatoms. The molecule has 0 radical (unpaired) electrons. The van der Waals surface area contributed by atoms with Gasteiger partial charge in [-0.15, -0.1) is 0 Å². The van der Waals surface area contributed by atoms with Gasteiger partial charge in [-0.25, -0.2) is 8.42 Å². The summed E-state index contributed by atoms with van der Waals surface area (Å²) in [5.74, 6) is -0.454. The number of nitrogens with two attached hydrogens (primary N) is 1. The van der Waals surface area contributed by atoms with Crippen LogP contribution in [0.15, 0.2) is 47.4 Å². The number of nitrogens with one attached hydrogen (secondary N) is 1. The maximum absolute atomic E-state index is 12.6. The van der Waals surface area contributed by atoms with Crippen LogP contribution in [0, 0.1) is 6.92 Å². The Hall–Kier alpha value is -2.18. The van der Waals surface area contributed by atoms with Crippen molar-refractivity contribution in [3.63, 3.8) is 0 Å². The first-order valence-electron chi connectivity index (χ1n) is 8.24. The Morgan fingerprint density at radius 1 is 1.24 bits per heavy atom. The van der Waals surface area contributed by atoms with E-state index in [9.17, 15) is 13.2 Å². The van der Waals surface area contributed by atoms with Crippen LogP contribution >= 0.6 is 0 Å². The molecule has 0 aromatic heterocycles. The summed E-state index contributed by atoms with van der Waals surface area (Å²) in [7, 11) is -3.61. The summed E-state index contributed by atoms with van der Waals surface area (Å²) < 4.78 is 25.2. The lowest BCUT2D eigenvalue weighted by Gasteiger charge is -2.11. The van der Waals surface area contributed by atoms with Gasteiger partial charge in [0.25, 0.3) is 0 Å². The summed E-state index contributed by atoms with van der Waals surface area (Å²) in [6, 6.07) is 12.8. The minimum atomic E-state index is -3.61. The Morgan fingerprint density at radius 2 is 1.92 bits per heavy atom. The molecule has 3 rings (SSSR count). The van der Waals surface area contributed by atoms with Crippen molar-refractivity contribution in [1.82, 2.24) is 5.32 Å². The molecular formula is C19H22N2O3S. The van der Waals surface area contributed by atoms with E-state index in [2.05, 4.69) is 5.32 Å². The molecule has 25 heavy (non-hydrogen) atoms. The lowest BCUT2D eigenvalue weighted by molar-refractivity contribution is -0.120. The molecule has 0 bridgehead atoms. The number of rotatable bonds is 4. The second-order valence-electron chi connectivity index (χ2n) is 6.60. The van der Waals surface area contributed by atoms with Crippen LogP contribution in [0.5, 0.6) is 0 Å². The van der Waals surface area contributed by atoms with Crippen LogP contribution < -0.4 is 11.1 Å². The highest BCUT2D eigenvalue weighted by Crippen LogP contribution is 2.32. The van der Waals surface area contributed by atoms with Gasteiger partial charge >= 0.3 is 0 Å². The molecule has 0 aliphatic carbocycles. The zero-order valence-corrected chi connectivity index (χ0v) is 15.1. The summed E-state index contributed by atoms with van der Waals surface area (Å²) in [5.41, 5.74) is 9.45. The van der Waals surface area contributed by atoms with E-state index in [1.807, 2.05) is 44.2 Å². The van der Waals surface area contributed by atoms with Crippen molar-refractivity contribution in [1.29, 1.82) is 0 Å². The van der Waals surface area contributed by atoms with Gasteiger partial charge < -0.3 is 11.1 Å². The molecule has 2 aromatic rings. The van der Waals surface area contributed by atoms with Gasteiger partial charge in [0, 0.05) is 12.6 Å². The van der Waals surface area contributed by atoms with Gasteiger partial charge in [-0.1, -0.05) is 42.0 Å². The van der Waals surface area contributed by atoms with Gasteiger partial charge in [-0.2, -0.15) is 0 Å². The summed E-state index contributed by atoms with van der Waals surface area (Å²) >= 11 is 0. The van der Waals surface area contributed by atoms with Crippen molar-refractivity contribution in [3.05, 3.63) is 64.7 Å². The van der Waals surface area contributed by atoms with Crippen LogP contribution in [0.25, 0.3) is 0 Å². The summed E-state index contributed by atoms with van der Waals surface area (Å²) in [6.07, 6.45) is 0.231. The predicted molar refractivity (Wildman–Crippen MR) is 96.7 cm³/mol. The van der Waals surface area contributed by atoms with Crippen LogP contribution in [0.2, 0.25) is 0 Å². The molecule has 0 fully saturated rings. The van der Waals surface area contributed by atoms with Crippen LogP contribution in [0.4, 0.5) is 0 Å². The van der Waals surface area contributed by atoms with Crippen molar-refractivity contribution < 1.29 is 13.2 Å². The van der Waals surface area contributed by atoms with Crippen molar-refractivity contribution in [3.8, 4) is 0 Å². The summed E-state index contributed by atoms with van der Waals surface area (Å²) in [6.45, 7) is 4.10. The zero-order valence-electron chi connectivity index (χ0n) is 14.3. The van der Waals surface area contributed by atoms with Crippen LogP contribution in [-0.4, -0.2) is 19.6 Å². The van der Waals surface area contributed by atoms with E-state index in [1.165, 1.54) is 0 Å². The third-order valence-electron chi connectivity index (χ3n) is 4.57. The molecule has 0 saturated heterocycles. The molecule has 1 aliphatic rings. The quantitative estimate of drug-likeness (QED) is 0.875. The molecule has 0 saturated carbocycles. The lowest BCUT2D eigenvalue weighted by atomic mass is 10.1. The molecule has 1 aliphatic heterocycles. The monoisotopic (exact) mass is 358 g/mol. The first-order valence-corrected chi connectivity index (χ1v) is 9.79. The van der Waals surface area contributed by atoms with Crippen molar-refractivity contribution >= 4 is 15.7 Å². The molecule has 132 valence electrons. The fraction of sp³-hybridized carbons (Fsp3) is 0.316. The zero-order chi connectivity index (χ0) is 18.2. The number of carbonyl (C=O) groups is 1. The second kappa shape index (κ2) is 6.61. The van der Waals surface area contributed by atoms with Gasteiger partial charge in [-0.3, -0.25) is 4.79 Å². The summed E-state index contributed by atoms with van der Waals surface area (Å²) in [5, 5.41) is 1.70. The second-order valence-corrected chi connectivity index (χ2v) is 8.70. The summed E-state index contributed by atoms with van der Waals surface area (Å²) in [4.78, 5) is 12.7. The third-order valence-corrected chi connectivity index (χ3v) is 6.71. The highest BCUT2D eigenvalue weighted by molar-refractivity contribution is 7.93. The van der Waals surface area contributed by atoms with Gasteiger partial charge in [0.15, 0.2) is 9.84 Å². The maximum Gasteiger partial charge on any atom is 0.239 e. The van der Waals surface area contributed by atoms with E-state index in [0.717, 1.165) is 22.3 Å². The van der Waals surface area contributed by atoms with Gasteiger partial charge in [0.1, 0.15) is 5.25 Å². The molecular weight excluding hydrogens is 336 g/mol. The number of aryl methyl sites for hydroxylation is 1. The van der Waals surface area contributed by atoms with Crippen LogP contribution in [0.1, 0.15) is 35.2 Å². The van der Waals surface area contributed by atoms with Crippen LogP contribution in [-0.2, 0) is 27.6 Å². The number of carbonyl (C=O) groups excluding carboxylic acids is 1. The number of sulfone groups is 1. The lowest BCUT2D eigenvalue weighted by Crippen LogP contribution is -2.38. The molecule has 3 N–H and O–H groups in total. The van der Waals surface area contributed by atoms with E-state index < -0.39 is 21.0 Å².